The molecule has 1 heterocycles. The number of hydrogen-bond acceptors (Lipinski definition) is 5. The summed E-state index contributed by atoms with van der Waals surface area (Å²) in [6.07, 6.45) is 13.2. The average molecular weight is 632 g/mol. The van der Waals surface area contributed by atoms with Crippen molar-refractivity contribution in [3.8, 4) is 0 Å². The first-order valence-corrected chi connectivity index (χ1v) is 15.0. The molecule has 0 saturated carbocycles. The first-order chi connectivity index (χ1) is 21.8. The van der Waals surface area contributed by atoms with Crippen LogP contribution in [0.4, 0.5) is 8.78 Å². The van der Waals surface area contributed by atoms with Crippen LogP contribution in [0.1, 0.15) is 65.0 Å². The van der Waals surface area contributed by atoms with E-state index in [1.165, 1.54) is 30.5 Å². The predicted octanol–water partition coefficient (Wildman–Crippen LogP) is 8.89. The number of aromatic nitrogens is 1. The molecule has 1 amide bonds. The zero-order chi connectivity index (χ0) is 35.3. The SMILES string of the molecule is C=C.C=C.CC.CCCCNCc1ccncc1.CNC=O.COC/C=C(\C=C(\C)COC)C/C(C)=C/c1ccc(F)cc1F. The van der Waals surface area contributed by atoms with Crippen LogP contribution in [0, 0.1) is 11.6 Å². The molecule has 2 N–H and O–H groups in total. The van der Waals surface area contributed by atoms with Gasteiger partial charge in [0.05, 0.1) is 13.2 Å². The van der Waals surface area contributed by atoms with Gasteiger partial charge in [-0.3, -0.25) is 9.78 Å². The minimum atomic E-state index is -0.573. The Bertz CT molecular complexity index is 1040. The number of nitrogens with zero attached hydrogens (tertiary/aromatic N) is 1. The standard InChI is InChI=1S/C19H24F2O2.C10H16N2.C2H5NO.C2H6.2C2H4/c1-14(11-17-5-6-18(20)12-19(17)21)9-16(7-8-22-3)10-15(2)13-23-4;1-2-3-6-12-9-10-4-7-11-8-5-10;1-3-2-4;3*1-2/h5-7,10-12H,8-9,13H2,1-4H3;4-5,7-8,12H,2-3,6,9H2,1H3;2H,1H3,(H,3,4);1-2H3;2*1-2H2/b14-11+,15-10-,16-7-;;;;;. The number of halogens is 2. The number of unbranched alkanes of at least 4 members (excludes halogenated alkanes) is 1. The second-order valence-electron chi connectivity index (χ2n) is 8.78. The van der Waals surface area contributed by atoms with E-state index in [0.717, 1.165) is 35.9 Å². The number of carbonyl (C=O) groups is 1. The summed E-state index contributed by atoms with van der Waals surface area (Å²) in [5.41, 5.74) is 4.82. The molecule has 0 aliphatic carbocycles. The molecular weight excluding hydrogens is 572 g/mol. The summed E-state index contributed by atoms with van der Waals surface area (Å²) in [6, 6.07) is 7.67. The molecule has 0 atom stereocenters. The third-order valence-electron chi connectivity index (χ3n) is 5.07. The molecule has 6 nitrogen and oxygen atoms in total. The first kappa shape index (κ1) is 48.2. The van der Waals surface area contributed by atoms with E-state index in [9.17, 15) is 8.78 Å². The Kier molecular flexibility index (Phi) is 41.0. The van der Waals surface area contributed by atoms with E-state index in [2.05, 4.69) is 48.9 Å². The highest BCUT2D eigenvalue weighted by Gasteiger charge is 2.03. The molecule has 2 aromatic rings. The minimum absolute atomic E-state index is 0.382. The Morgan fingerprint density at radius 1 is 0.978 bits per heavy atom. The van der Waals surface area contributed by atoms with Gasteiger partial charge in [-0.15, -0.1) is 26.3 Å². The lowest BCUT2D eigenvalue weighted by Crippen LogP contribution is -2.14. The predicted molar refractivity (Wildman–Crippen MR) is 190 cm³/mol. The van der Waals surface area contributed by atoms with Crippen molar-refractivity contribution in [3.63, 3.8) is 0 Å². The second-order valence-corrected chi connectivity index (χ2v) is 8.78. The molecule has 254 valence electrons. The van der Waals surface area contributed by atoms with Crippen LogP contribution in [0.15, 0.2) is 97.9 Å². The fourth-order valence-electron chi connectivity index (χ4n) is 3.25. The van der Waals surface area contributed by atoms with Crippen molar-refractivity contribution >= 4 is 12.5 Å². The number of pyridine rings is 1. The van der Waals surface area contributed by atoms with Crippen LogP contribution < -0.4 is 10.6 Å². The molecule has 0 spiro atoms. The lowest BCUT2D eigenvalue weighted by molar-refractivity contribution is -0.109. The molecule has 0 fully saturated rings. The molecule has 2 rings (SSSR count). The van der Waals surface area contributed by atoms with Crippen LogP contribution in [0.5, 0.6) is 0 Å². The molecule has 45 heavy (non-hydrogen) atoms. The fraction of sp³-hybridized carbons (Fsp3) is 0.405. The van der Waals surface area contributed by atoms with Gasteiger partial charge in [0.25, 0.3) is 0 Å². The van der Waals surface area contributed by atoms with Crippen LogP contribution >= 0.6 is 0 Å². The molecular formula is C37H59F2N3O3. The maximum Gasteiger partial charge on any atom is 0.206 e. The van der Waals surface area contributed by atoms with Crippen molar-refractivity contribution in [1.29, 1.82) is 0 Å². The summed E-state index contributed by atoms with van der Waals surface area (Å²) < 4.78 is 36.9. The molecule has 0 unspecified atom stereocenters. The zero-order valence-electron chi connectivity index (χ0n) is 29.1. The Labute approximate surface area is 273 Å². The molecule has 1 aromatic heterocycles. The molecule has 0 radical (unpaired) electrons. The van der Waals surface area contributed by atoms with Gasteiger partial charge in [0.15, 0.2) is 0 Å². The number of carbonyl (C=O) groups excluding carboxylic acids is 1. The fourth-order valence-corrected chi connectivity index (χ4v) is 3.25. The molecule has 0 saturated heterocycles. The van der Waals surface area contributed by atoms with E-state index in [-0.39, 0.29) is 0 Å². The largest absolute Gasteiger partial charge is 0.381 e. The van der Waals surface area contributed by atoms with Crippen molar-refractivity contribution in [3.05, 3.63) is 121 Å². The number of amides is 1. The average Bonchev–Trinajstić information content (AvgIpc) is 3.07. The maximum absolute atomic E-state index is 13.7. The van der Waals surface area contributed by atoms with Crippen molar-refractivity contribution in [2.45, 2.75) is 60.4 Å². The van der Waals surface area contributed by atoms with E-state index in [1.807, 2.05) is 64.4 Å². The monoisotopic (exact) mass is 631 g/mol. The van der Waals surface area contributed by atoms with Gasteiger partial charge in [-0.05, 0) is 74.2 Å². The third-order valence-corrected chi connectivity index (χ3v) is 5.07. The van der Waals surface area contributed by atoms with E-state index in [0.29, 0.717) is 31.6 Å². The van der Waals surface area contributed by atoms with Crippen LogP contribution in [0.25, 0.3) is 6.08 Å². The highest BCUT2D eigenvalue weighted by Crippen LogP contribution is 2.19. The van der Waals surface area contributed by atoms with Gasteiger partial charge >= 0.3 is 0 Å². The quantitative estimate of drug-likeness (QED) is 0.0943. The van der Waals surface area contributed by atoms with E-state index < -0.39 is 11.6 Å². The number of hydrogen-bond donors (Lipinski definition) is 2. The van der Waals surface area contributed by atoms with Gasteiger partial charge in [-0.1, -0.05) is 51.0 Å². The van der Waals surface area contributed by atoms with Gasteiger partial charge in [0, 0.05) is 51.8 Å². The topological polar surface area (TPSA) is 72.5 Å². The maximum atomic E-state index is 13.7. The van der Waals surface area contributed by atoms with E-state index in [4.69, 9.17) is 14.3 Å². The lowest BCUT2D eigenvalue weighted by Gasteiger charge is -2.07. The Hall–Kier alpha value is -3.72. The number of allylic oxidation sites excluding steroid dienone is 3. The number of rotatable bonds is 14. The molecule has 0 bridgehead atoms. The zero-order valence-corrected chi connectivity index (χ0v) is 29.1. The third kappa shape index (κ3) is 31.5. The minimum Gasteiger partial charge on any atom is -0.381 e. The Balaban J connectivity index is -0.000000318. The van der Waals surface area contributed by atoms with Crippen molar-refractivity contribution in [2.75, 3.05) is 41.0 Å². The number of nitrogens with one attached hydrogen (secondary N) is 2. The molecule has 0 aliphatic rings. The smallest absolute Gasteiger partial charge is 0.206 e. The normalized spacial score (nSPS) is 10.4. The molecule has 0 aliphatic heterocycles. The van der Waals surface area contributed by atoms with E-state index in [1.54, 1.807) is 27.3 Å². The van der Waals surface area contributed by atoms with Crippen molar-refractivity contribution in [2.24, 2.45) is 0 Å². The summed E-state index contributed by atoms with van der Waals surface area (Å²) >= 11 is 0. The first-order valence-electron chi connectivity index (χ1n) is 15.0. The summed E-state index contributed by atoms with van der Waals surface area (Å²) in [7, 11) is 4.85. The summed E-state index contributed by atoms with van der Waals surface area (Å²) in [5.74, 6) is -1.13. The van der Waals surface area contributed by atoms with Crippen molar-refractivity contribution < 1.29 is 23.0 Å². The van der Waals surface area contributed by atoms with Gasteiger partial charge in [-0.2, -0.15) is 0 Å². The van der Waals surface area contributed by atoms with Gasteiger partial charge in [0.2, 0.25) is 6.41 Å². The summed E-state index contributed by atoms with van der Waals surface area (Å²) in [5, 5.41) is 5.62. The Morgan fingerprint density at radius 2 is 1.58 bits per heavy atom. The number of ether oxygens (including phenoxy) is 2. The second kappa shape index (κ2) is 38.3. The van der Waals surface area contributed by atoms with Crippen LogP contribution in [0.2, 0.25) is 0 Å². The van der Waals surface area contributed by atoms with E-state index >= 15 is 0 Å². The number of benzene rings is 1. The van der Waals surface area contributed by atoms with Crippen molar-refractivity contribution in [1.82, 2.24) is 15.6 Å². The van der Waals surface area contributed by atoms with Gasteiger partial charge < -0.3 is 20.1 Å². The Morgan fingerprint density at radius 3 is 2.07 bits per heavy atom. The highest BCUT2D eigenvalue weighted by atomic mass is 19.1. The van der Waals surface area contributed by atoms with Gasteiger partial charge in [-0.25, -0.2) is 8.78 Å². The summed E-state index contributed by atoms with van der Waals surface area (Å²) in [6.45, 7) is 25.2. The molecule has 8 heteroatoms. The lowest BCUT2D eigenvalue weighted by atomic mass is 10.0. The molecule has 1 aromatic carbocycles. The highest BCUT2D eigenvalue weighted by molar-refractivity contribution is 5.54. The van der Waals surface area contributed by atoms with Crippen LogP contribution in [0.3, 0.4) is 0 Å². The summed E-state index contributed by atoms with van der Waals surface area (Å²) in [4.78, 5) is 13.0. The van der Waals surface area contributed by atoms with Crippen LogP contribution in [-0.4, -0.2) is 52.4 Å². The number of methoxy groups -OCH3 is 2. The van der Waals surface area contributed by atoms with Gasteiger partial charge in [0.1, 0.15) is 11.6 Å². The van der Waals surface area contributed by atoms with Crippen LogP contribution in [-0.2, 0) is 20.8 Å².